The van der Waals surface area contributed by atoms with Crippen LogP contribution in [0.25, 0.3) is 0 Å². The molecule has 1 aromatic carbocycles. The van der Waals surface area contributed by atoms with Crippen LogP contribution in [-0.2, 0) is 11.3 Å². The molecule has 1 atom stereocenters. The summed E-state index contributed by atoms with van der Waals surface area (Å²) in [6, 6.07) is 4.89. The van der Waals surface area contributed by atoms with Crippen molar-refractivity contribution in [2.24, 2.45) is 0 Å². The minimum Gasteiger partial charge on any atom is -0.508 e. The lowest BCUT2D eigenvalue weighted by molar-refractivity contribution is -0.121. The average molecular weight is 292 g/mol. The number of rotatable bonds is 5. The van der Waals surface area contributed by atoms with Crippen LogP contribution < -0.4 is 5.32 Å². The molecule has 1 aliphatic heterocycles. The molecule has 1 amide bonds. The van der Waals surface area contributed by atoms with E-state index in [4.69, 9.17) is 0 Å². The predicted octanol–water partition coefficient (Wildman–Crippen LogP) is 1.98. The molecule has 1 saturated heterocycles. The van der Waals surface area contributed by atoms with Gasteiger partial charge in [-0.05, 0) is 45.0 Å². The molecule has 0 bridgehead atoms. The van der Waals surface area contributed by atoms with E-state index in [9.17, 15) is 15.0 Å². The number of nitrogens with one attached hydrogen (secondary N) is 1. The third kappa shape index (κ3) is 4.63. The lowest BCUT2D eigenvalue weighted by Gasteiger charge is -2.32. The van der Waals surface area contributed by atoms with Crippen molar-refractivity contribution in [3.8, 4) is 11.5 Å². The monoisotopic (exact) mass is 292 g/mol. The number of carbonyl (C=O) groups is 1. The van der Waals surface area contributed by atoms with Crippen molar-refractivity contribution in [3.63, 3.8) is 0 Å². The zero-order valence-corrected chi connectivity index (χ0v) is 12.5. The minimum absolute atomic E-state index is 0.00134. The van der Waals surface area contributed by atoms with Gasteiger partial charge in [0, 0.05) is 30.6 Å². The number of phenols is 2. The van der Waals surface area contributed by atoms with Crippen molar-refractivity contribution in [2.45, 2.75) is 44.7 Å². The highest BCUT2D eigenvalue weighted by atomic mass is 16.3. The number of hydrogen-bond acceptors (Lipinski definition) is 4. The highest BCUT2D eigenvalue weighted by molar-refractivity contribution is 5.76. The largest absolute Gasteiger partial charge is 0.508 e. The van der Waals surface area contributed by atoms with Gasteiger partial charge in [-0.2, -0.15) is 0 Å². The maximum absolute atomic E-state index is 11.9. The van der Waals surface area contributed by atoms with Crippen LogP contribution in [0.3, 0.4) is 0 Å². The fraction of sp³-hybridized carbons (Fsp3) is 0.562. The van der Waals surface area contributed by atoms with Crippen molar-refractivity contribution in [1.82, 2.24) is 10.2 Å². The molecular formula is C16H24N2O3. The number of carbonyl (C=O) groups excluding carboxylic acids is 1. The number of hydrogen-bond donors (Lipinski definition) is 3. The maximum Gasteiger partial charge on any atom is 0.220 e. The second-order valence-electron chi connectivity index (χ2n) is 5.76. The molecule has 1 aromatic rings. The van der Waals surface area contributed by atoms with Gasteiger partial charge in [0.05, 0.1) is 0 Å². The Hall–Kier alpha value is -1.75. The summed E-state index contributed by atoms with van der Waals surface area (Å²) < 4.78 is 0. The van der Waals surface area contributed by atoms with Gasteiger partial charge in [-0.1, -0.05) is 6.42 Å². The van der Waals surface area contributed by atoms with E-state index in [-0.39, 0.29) is 24.0 Å². The summed E-state index contributed by atoms with van der Waals surface area (Å²) in [5, 5.41) is 21.7. The number of amides is 1. The van der Waals surface area contributed by atoms with E-state index in [1.165, 1.54) is 31.4 Å². The predicted molar refractivity (Wildman–Crippen MR) is 81.1 cm³/mol. The molecule has 3 N–H and O–H groups in total. The standard InChI is InChI=1S/C16H24N2O3/c1-18-9-3-2-4-13(18)6-8-16(21)17-11-12-5-7-14(19)10-15(12)20/h5,7,10,13,19-20H,2-4,6,8-9,11H2,1H3,(H,17,21)/t13-/m1/s1. The van der Waals surface area contributed by atoms with Crippen LogP contribution in [0.15, 0.2) is 18.2 Å². The highest BCUT2D eigenvalue weighted by Crippen LogP contribution is 2.22. The van der Waals surface area contributed by atoms with Crippen molar-refractivity contribution in [2.75, 3.05) is 13.6 Å². The maximum atomic E-state index is 11.9. The molecule has 1 fully saturated rings. The van der Waals surface area contributed by atoms with Gasteiger partial charge >= 0.3 is 0 Å². The second kappa shape index (κ2) is 7.31. The lowest BCUT2D eigenvalue weighted by Crippen LogP contribution is -2.37. The number of likely N-dealkylation sites (tertiary alicyclic amines) is 1. The number of benzene rings is 1. The molecular weight excluding hydrogens is 268 g/mol. The van der Waals surface area contributed by atoms with E-state index in [0.29, 0.717) is 18.0 Å². The highest BCUT2D eigenvalue weighted by Gasteiger charge is 2.19. The molecule has 5 nitrogen and oxygen atoms in total. The fourth-order valence-corrected chi connectivity index (χ4v) is 2.79. The van der Waals surface area contributed by atoms with Crippen molar-refractivity contribution in [1.29, 1.82) is 0 Å². The Kier molecular flexibility index (Phi) is 5.44. The summed E-state index contributed by atoms with van der Waals surface area (Å²) in [5.41, 5.74) is 0.607. The van der Waals surface area contributed by atoms with Gasteiger partial charge in [0.25, 0.3) is 0 Å². The molecule has 1 aliphatic rings. The third-order valence-electron chi connectivity index (χ3n) is 4.17. The van der Waals surface area contributed by atoms with Crippen LogP contribution in [0.1, 0.15) is 37.7 Å². The molecule has 2 rings (SSSR count). The first-order valence-corrected chi connectivity index (χ1v) is 7.54. The Bertz CT molecular complexity index is 490. The number of phenolic OH excluding ortho intramolecular Hbond substituents is 2. The van der Waals surface area contributed by atoms with Crippen LogP contribution in [0.5, 0.6) is 11.5 Å². The molecule has 0 saturated carbocycles. The lowest BCUT2D eigenvalue weighted by atomic mass is 9.98. The first kappa shape index (κ1) is 15.6. The van der Waals surface area contributed by atoms with E-state index < -0.39 is 0 Å². The quantitative estimate of drug-likeness (QED) is 0.776. The fourth-order valence-electron chi connectivity index (χ4n) is 2.79. The third-order valence-corrected chi connectivity index (χ3v) is 4.17. The molecule has 0 aliphatic carbocycles. The average Bonchev–Trinajstić information content (AvgIpc) is 2.45. The van der Waals surface area contributed by atoms with Gasteiger partial charge in [0.1, 0.15) is 11.5 Å². The Morgan fingerprint density at radius 1 is 1.38 bits per heavy atom. The van der Waals surface area contributed by atoms with E-state index in [0.717, 1.165) is 13.0 Å². The van der Waals surface area contributed by atoms with Crippen molar-refractivity contribution < 1.29 is 15.0 Å². The van der Waals surface area contributed by atoms with Crippen LogP contribution in [0.4, 0.5) is 0 Å². The van der Waals surface area contributed by atoms with Gasteiger partial charge in [-0.15, -0.1) is 0 Å². The smallest absolute Gasteiger partial charge is 0.220 e. The van der Waals surface area contributed by atoms with Crippen molar-refractivity contribution >= 4 is 5.91 Å². The van der Waals surface area contributed by atoms with Crippen LogP contribution in [-0.4, -0.2) is 40.7 Å². The zero-order valence-electron chi connectivity index (χ0n) is 12.5. The van der Waals surface area contributed by atoms with Crippen molar-refractivity contribution in [3.05, 3.63) is 23.8 Å². The summed E-state index contributed by atoms with van der Waals surface area (Å²) in [4.78, 5) is 14.2. The van der Waals surface area contributed by atoms with E-state index >= 15 is 0 Å². The molecule has 0 unspecified atom stereocenters. The first-order valence-electron chi connectivity index (χ1n) is 7.54. The van der Waals surface area contributed by atoms with E-state index in [1.807, 2.05) is 0 Å². The van der Waals surface area contributed by atoms with Crippen LogP contribution in [0, 0.1) is 0 Å². The zero-order chi connectivity index (χ0) is 15.2. The Morgan fingerprint density at radius 3 is 2.90 bits per heavy atom. The Morgan fingerprint density at radius 2 is 2.19 bits per heavy atom. The summed E-state index contributed by atoms with van der Waals surface area (Å²) in [6.45, 7) is 1.40. The van der Waals surface area contributed by atoms with Gasteiger partial charge in [-0.3, -0.25) is 4.79 Å². The molecule has 21 heavy (non-hydrogen) atoms. The number of piperidine rings is 1. The molecule has 1 heterocycles. The van der Waals surface area contributed by atoms with Crippen LogP contribution >= 0.6 is 0 Å². The Balaban J connectivity index is 1.74. The minimum atomic E-state index is 0.00134. The van der Waals surface area contributed by atoms with Crippen LogP contribution in [0.2, 0.25) is 0 Å². The topological polar surface area (TPSA) is 72.8 Å². The Labute approximate surface area is 125 Å². The van der Waals surface area contributed by atoms with Gasteiger partial charge in [0.15, 0.2) is 0 Å². The molecule has 0 spiro atoms. The summed E-state index contributed by atoms with van der Waals surface area (Å²) >= 11 is 0. The summed E-state index contributed by atoms with van der Waals surface area (Å²) in [7, 11) is 2.12. The SMILES string of the molecule is CN1CCCC[C@@H]1CCC(=O)NCc1ccc(O)cc1O. The number of aromatic hydroxyl groups is 2. The molecule has 0 radical (unpaired) electrons. The summed E-state index contributed by atoms with van der Waals surface area (Å²) in [5.74, 6) is 0.0201. The normalized spacial score (nSPS) is 19.4. The second-order valence-corrected chi connectivity index (χ2v) is 5.76. The number of nitrogens with zero attached hydrogens (tertiary/aromatic N) is 1. The van der Waals surface area contributed by atoms with E-state index in [1.54, 1.807) is 6.07 Å². The van der Waals surface area contributed by atoms with Gasteiger partial charge in [0.2, 0.25) is 5.91 Å². The first-order chi connectivity index (χ1) is 10.1. The molecule has 116 valence electrons. The molecule has 0 aromatic heterocycles. The van der Waals surface area contributed by atoms with Gasteiger partial charge < -0.3 is 20.4 Å². The van der Waals surface area contributed by atoms with E-state index in [2.05, 4.69) is 17.3 Å². The molecule has 5 heteroatoms. The summed E-state index contributed by atoms with van der Waals surface area (Å²) in [6.07, 6.45) is 5.05. The van der Waals surface area contributed by atoms with Gasteiger partial charge in [-0.25, -0.2) is 0 Å².